The summed E-state index contributed by atoms with van der Waals surface area (Å²) in [5.74, 6) is 0.797. The SMILES string of the molecule is CCOCC(O)CN(Cc1c(C(C)C)nn(-c2ccccc2)c1Oc1cccc(F)c1)C1CC1. The molecule has 1 aliphatic rings. The Morgan fingerprint density at radius 3 is 2.56 bits per heavy atom. The molecule has 182 valence electrons. The van der Waals surface area contributed by atoms with Crippen molar-refractivity contribution in [1.82, 2.24) is 14.7 Å². The first-order valence-corrected chi connectivity index (χ1v) is 12.1. The molecule has 7 heteroatoms. The van der Waals surface area contributed by atoms with E-state index in [1.165, 1.54) is 12.1 Å². The highest BCUT2D eigenvalue weighted by atomic mass is 19.1. The molecule has 0 amide bonds. The molecule has 6 nitrogen and oxygen atoms in total. The van der Waals surface area contributed by atoms with Crippen molar-refractivity contribution in [2.45, 2.75) is 58.2 Å². The Morgan fingerprint density at radius 1 is 1.15 bits per heavy atom. The largest absolute Gasteiger partial charge is 0.438 e. The number of rotatable bonds is 12. The third kappa shape index (κ3) is 6.03. The van der Waals surface area contributed by atoms with E-state index in [-0.39, 0.29) is 11.7 Å². The molecule has 1 atom stereocenters. The molecule has 34 heavy (non-hydrogen) atoms. The third-order valence-electron chi connectivity index (χ3n) is 5.91. The predicted molar refractivity (Wildman–Crippen MR) is 130 cm³/mol. The lowest BCUT2D eigenvalue weighted by atomic mass is 10.1. The standard InChI is InChI=1S/C27H34FN3O3/c1-4-33-18-23(32)16-30(21-13-14-21)17-25-26(19(2)3)29-31(22-10-6-5-7-11-22)27(25)34-24-12-8-9-20(28)15-24/h5-12,15,19,21,23,32H,4,13-14,16-18H2,1-3H3. The van der Waals surface area contributed by atoms with Gasteiger partial charge in [-0.3, -0.25) is 4.90 Å². The molecule has 0 bridgehead atoms. The number of hydrogen-bond donors (Lipinski definition) is 1. The van der Waals surface area contributed by atoms with Crippen LogP contribution in [0.25, 0.3) is 5.69 Å². The molecule has 1 saturated carbocycles. The number of hydrogen-bond acceptors (Lipinski definition) is 5. The van der Waals surface area contributed by atoms with Crippen LogP contribution in [-0.2, 0) is 11.3 Å². The number of ether oxygens (including phenoxy) is 2. The van der Waals surface area contributed by atoms with Crippen molar-refractivity contribution in [3.63, 3.8) is 0 Å². The Balaban J connectivity index is 1.73. The van der Waals surface area contributed by atoms with Crippen LogP contribution in [0.1, 0.15) is 50.8 Å². The van der Waals surface area contributed by atoms with Gasteiger partial charge in [0.15, 0.2) is 0 Å². The lowest BCUT2D eigenvalue weighted by Crippen LogP contribution is -2.36. The van der Waals surface area contributed by atoms with E-state index in [1.807, 2.05) is 37.3 Å². The van der Waals surface area contributed by atoms with Crippen molar-refractivity contribution < 1.29 is 19.0 Å². The summed E-state index contributed by atoms with van der Waals surface area (Å²) in [5.41, 5.74) is 2.76. The van der Waals surface area contributed by atoms with Gasteiger partial charge < -0.3 is 14.6 Å². The minimum atomic E-state index is -0.570. The Morgan fingerprint density at radius 2 is 1.91 bits per heavy atom. The summed E-state index contributed by atoms with van der Waals surface area (Å²) < 4.78 is 27.5. The minimum absolute atomic E-state index is 0.157. The first-order chi connectivity index (χ1) is 16.5. The third-order valence-corrected chi connectivity index (χ3v) is 5.91. The second kappa shape index (κ2) is 11.1. The summed E-state index contributed by atoms with van der Waals surface area (Å²) in [7, 11) is 0. The van der Waals surface area contributed by atoms with Gasteiger partial charge in [-0.1, -0.05) is 38.1 Å². The first kappa shape index (κ1) is 24.4. The van der Waals surface area contributed by atoms with Crippen molar-refractivity contribution in [2.24, 2.45) is 0 Å². The van der Waals surface area contributed by atoms with Gasteiger partial charge in [0.1, 0.15) is 11.6 Å². The maximum atomic E-state index is 13.9. The van der Waals surface area contributed by atoms with Gasteiger partial charge in [0, 0.05) is 31.8 Å². The van der Waals surface area contributed by atoms with Crippen molar-refractivity contribution in [1.29, 1.82) is 0 Å². The normalized spacial score (nSPS) is 14.7. The number of nitrogens with zero attached hydrogens (tertiary/aromatic N) is 3. The van der Waals surface area contributed by atoms with Crippen molar-refractivity contribution in [3.05, 3.63) is 71.7 Å². The average molecular weight is 468 g/mol. The molecular formula is C27H34FN3O3. The van der Waals surface area contributed by atoms with E-state index in [2.05, 4.69) is 18.7 Å². The fraction of sp³-hybridized carbons (Fsp3) is 0.444. The molecule has 1 N–H and O–H groups in total. The Bertz CT molecular complexity index is 1070. The number of para-hydroxylation sites is 1. The molecule has 0 spiro atoms. The highest BCUT2D eigenvalue weighted by Gasteiger charge is 2.33. The van der Waals surface area contributed by atoms with Crippen LogP contribution in [0, 0.1) is 5.82 Å². The minimum Gasteiger partial charge on any atom is -0.438 e. The molecule has 0 saturated heterocycles. The van der Waals surface area contributed by atoms with Crippen LogP contribution in [0.4, 0.5) is 4.39 Å². The Kier molecular flexibility index (Phi) is 7.98. The van der Waals surface area contributed by atoms with E-state index in [4.69, 9.17) is 14.6 Å². The van der Waals surface area contributed by atoms with Crippen LogP contribution >= 0.6 is 0 Å². The molecule has 1 aliphatic carbocycles. The van der Waals surface area contributed by atoms with Crippen LogP contribution < -0.4 is 4.74 Å². The van der Waals surface area contributed by atoms with Crippen molar-refractivity contribution in [3.8, 4) is 17.3 Å². The monoisotopic (exact) mass is 467 g/mol. The summed E-state index contributed by atoms with van der Waals surface area (Å²) in [5, 5.41) is 15.5. The van der Waals surface area contributed by atoms with Crippen molar-refractivity contribution in [2.75, 3.05) is 19.8 Å². The Hall–Kier alpha value is -2.74. The molecular weight excluding hydrogens is 433 g/mol. The number of benzene rings is 2. The Labute approximate surface area is 200 Å². The molecule has 0 radical (unpaired) electrons. The molecule has 1 unspecified atom stereocenters. The van der Waals surface area contributed by atoms with E-state index in [9.17, 15) is 9.50 Å². The molecule has 0 aliphatic heterocycles. The molecule has 2 aromatic carbocycles. The summed E-state index contributed by atoms with van der Waals surface area (Å²) in [6.07, 6.45) is 1.64. The second-order valence-corrected chi connectivity index (χ2v) is 9.10. The van der Waals surface area contributed by atoms with Gasteiger partial charge in [-0.05, 0) is 49.9 Å². The van der Waals surface area contributed by atoms with E-state index in [1.54, 1.807) is 16.8 Å². The lowest BCUT2D eigenvalue weighted by molar-refractivity contribution is 0.0177. The van der Waals surface area contributed by atoms with Crippen LogP contribution in [0.15, 0.2) is 54.6 Å². The van der Waals surface area contributed by atoms with Gasteiger partial charge >= 0.3 is 0 Å². The molecule has 1 aromatic heterocycles. The quantitative estimate of drug-likeness (QED) is 0.392. The molecule has 4 rings (SSSR count). The van der Waals surface area contributed by atoms with E-state index >= 15 is 0 Å². The maximum absolute atomic E-state index is 13.9. The fourth-order valence-corrected chi connectivity index (χ4v) is 4.12. The lowest BCUT2D eigenvalue weighted by Gasteiger charge is -2.25. The van der Waals surface area contributed by atoms with Crippen molar-refractivity contribution >= 4 is 0 Å². The topological polar surface area (TPSA) is 59.8 Å². The fourth-order valence-electron chi connectivity index (χ4n) is 4.12. The molecule has 3 aromatic rings. The zero-order valence-corrected chi connectivity index (χ0v) is 20.2. The van der Waals surface area contributed by atoms with E-state index in [0.29, 0.717) is 44.0 Å². The summed E-state index contributed by atoms with van der Waals surface area (Å²) in [6.45, 7) is 8.13. The van der Waals surface area contributed by atoms with E-state index in [0.717, 1.165) is 29.8 Å². The highest BCUT2D eigenvalue weighted by Crippen LogP contribution is 2.37. The molecule has 1 fully saturated rings. The van der Waals surface area contributed by atoms with Gasteiger partial charge in [0.05, 0.1) is 29.7 Å². The van der Waals surface area contributed by atoms with Gasteiger partial charge in [-0.25, -0.2) is 9.07 Å². The highest BCUT2D eigenvalue weighted by molar-refractivity contribution is 5.44. The molecule has 1 heterocycles. The smallest absolute Gasteiger partial charge is 0.227 e. The number of aliphatic hydroxyl groups is 1. The van der Waals surface area contributed by atoms with Gasteiger partial charge in [-0.2, -0.15) is 5.10 Å². The zero-order valence-electron chi connectivity index (χ0n) is 20.2. The van der Waals surface area contributed by atoms with Crippen LogP contribution in [0.2, 0.25) is 0 Å². The van der Waals surface area contributed by atoms with Gasteiger partial charge in [-0.15, -0.1) is 0 Å². The number of aromatic nitrogens is 2. The van der Waals surface area contributed by atoms with Gasteiger partial charge in [0.2, 0.25) is 5.88 Å². The van der Waals surface area contributed by atoms with Crippen LogP contribution in [0.3, 0.4) is 0 Å². The van der Waals surface area contributed by atoms with Gasteiger partial charge in [0.25, 0.3) is 0 Å². The summed E-state index contributed by atoms with van der Waals surface area (Å²) >= 11 is 0. The average Bonchev–Trinajstić information content (AvgIpc) is 3.61. The second-order valence-electron chi connectivity index (χ2n) is 9.10. The van der Waals surface area contributed by atoms with Crippen LogP contribution in [-0.4, -0.2) is 51.7 Å². The summed E-state index contributed by atoms with van der Waals surface area (Å²) in [4.78, 5) is 2.29. The number of halogens is 1. The first-order valence-electron chi connectivity index (χ1n) is 12.1. The summed E-state index contributed by atoms with van der Waals surface area (Å²) in [6, 6.07) is 16.4. The number of aliphatic hydroxyl groups excluding tert-OH is 1. The van der Waals surface area contributed by atoms with Crippen LogP contribution in [0.5, 0.6) is 11.6 Å². The zero-order chi connectivity index (χ0) is 24.1. The predicted octanol–water partition coefficient (Wildman–Crippen LogP) is 5.29. The van der Waals surface area contributed by atoms with E-state index < -0.39 is 6.10 Å². The maximum Gasteiger partial charge on any atom is 0.227 e.